The third kappa shape index (κ3) is 2.66. The van der Waals surface area contributed by atoms with Crippen molar-refractivity contribution in [2.45, 2.75) is 24.7 Å². The third-order valence-corrected chi connectivity index (χ3v) is 5.71. The Morgan fingerprint density at radius 1 is 0.960 bits per heavy atom. The molecule has 1 fully saturated rings. The molecule has 130 valence electrons. The number of hydrogen-bond donors (Lipinski definition) is 1. The molecule has 0 aromatic heterocycles. The van der Waals surface area contributed by atoms with Crippen LogP contribution in [0.15, 0.2) is 42.5 Å². The molecule has 4 heteroatoms. The van der Waals surface area contributed by atoms with Crippen LogP contribution in [-0.2, 0) is 11.2 Å². The maximum absolute atomic E-state index is 12.1. The van der Waals surface area contributed by atoms with Crippen LogP contribution in [0, 0.1) is 5.92 Å². The van der Waals surface area contributed by atoms with Crippen molar-refractivity contribution in [3.8, 4) is 11.5 Å². The Kier molecular flexibility index (Phi) is 4.12. The minimum Gasteiger partial charge on any atom is -0.493 e. The van der Waals surface area contributed by atoms with Crippen LogP contribution in [0.1, 0.15) is 34.9 Å². The fourth-order valence-corrected chi connectivity index (χ4v) is 4.57. The van der Waals surface area contributed by atoms with E-state index in [9.17, 15) is 4.79 Å². The van der Waals surface area contributed by atoms with Gasteiger partial charge in [0.05, 0.1) is 14.2 Å². The molecule has 1 amide bonds. The molecule has 2 aliphatic rings. The number of fused-ring (bicyclic) bond motifs is 3. The minimum absolute atomic E-state index is 0.158. The van der Waals surface area contributed by atoms with Gasteiger partial charge in [0.2, 0.25) is 5.91 Å². The summed E-state index contributed by atoms with van der Waals surface area (Å²) in [6.45, 7) is 0.690. The van der Waals surface area contributed by atoms with Gasteiger partial charge in [-0.05, 0) is 35.4 Å². The second-order valence-electron chi connectivity index (χ2n) is 6.87. The van der Waals surface area contributed by atoms with Crippen molar-refractivity contribution < 1.29 is 14.3 Å². The molecule has 2 aromatic carbocycles. The summed E-state index contributed by atoms with van der Waals surface area (Å²) in [7, 11) is 3.37. The quantitative estimate of drug-likeness (QED) is 0.935. The first kappa shape index (κ1) is 16.0. The zero-order chi connectivity index (χ0) is 17.4. The van der Waals surface area contributed by atoms with Crippen LogP contribution in [-0.4, -0.2) is 26.7 Å². The van der Waals surface area contributed by atoms with E-state index in [1.54, 1.807) is 14.2 Å². The van der Waals surface area contributed by atoms with Gasteiger partial charge in [0.15, 0.2) is 11.5 Å². The number of hydrogen-bond acceptors (Lipinski definition) is 3. The highest BCUT2D eigenvalue weighted by molar-refractivity contribution is 5.78. The zero-order valence-corrected chi connectivity index (χ0v) is 14.6. The molecule has 25 heavy (non-hydrogen) atoms. The number of carbonyl (C=O) groups excluding carboxylic acids is 1. The molecule has 4 nitrogen and oxygen atoms in total. The smallest absolute Gasteiger partial charge is 0.220 e. The molecule has 1 saturated heterocycles. The monoisotopic (exact) mass is 337 g/mol. The van der Waals surface area contributed by atoms with Crippen LogP contribution in [0.3, 0.4) is 0 Å². The lowest BCUT2D eigenvalue weighted by atomic mass is 9.64. The average Bonchev–Trinajstić information content (AvgIpc) is 2.66. The molecule has 1 aliphatic heterocycles. The van der Waals surface area contributed by atoms with Gasteiger partial charge in [0.1, 0.15) is 0 Å². The number of piperidine rings is 1. The Labute approximate surface area is 148 Å². The van der Waals surface area contributed by atoms with Crippen LogP contribution in [0.5, 0.6) is 11.5 Å². The molecule has 0 bridgehead atoms. The molecule has 1 aliphatic carbocycles. The fourth-order valence-electron chi connectivity index (χ4n) is 4.57. The molecule has 4 rings (SSSR count). The number of carbonyl (C=O) groups is 1. The van der Waals surface area contributed by atoms with Crippen LogP contribution in [0.2, 0.25) is 0 Å². The summed E-state index contributed by atoms with van der Waals surface area (Å²) in [5, 5.41) is 3.05. The summed E-state index contributed by atoms with van der Waals surface area (Å²) < 4.78 is 11.2. The number of benzene rings is 2. The van der Waals surface area contributed by atoms with Crippen molar-refractivity contribution in [2.24, 2.45) is 5.92 Å². The largest absolute Gasteiger partial charge is 0.493 e. The van der Waals surface area contributed by atoms with E-state index in [0.29, 0.717) is 30.7 Å². The Morgan fingerprint density at radius 3 is 2.48 bits per heavy atom. The van der Waals surface area contributed by atoms with E-state index in [1.165, 1.54) is 16.7 Å². The summed E-state index contributed by atoms with van der Waals surface area (Å²) >= 11 is 0. The van der Waals surface area contributed by atoms with E-state index >= 15 is 0 Å². The molecular weight excluding hydrogens is 314 g/mol. The molecule has 3 unspecified atom stereocenters. The second kappa shape index (κ2) is 6.43. The lowest BCUT2D eigenvalue weighted by Crippen LogP contribution is -2.44. The predicted molar refractivity (Wildman–Crippen MR) is 96.3 cm³/mol. The van der Waals surface area contributed by atoms with Crippen molar-refractivity contribution in [2.75, 3.05) is 20.8 Å². The fraction of sp³-hybridized carbons (Fsp3) is 0.381. The molecule has 0 radical (unpaired) electrons. The number of amides is 1. The van der Waals surface area contributed by atoms with E-state index in [-0.39, 0.29) is 5.91 Å². The highest BCUT2D eigenvalue weighted by atomic mass is 16.5. The van der Waals surface area contributed by atoms with Gasteiger partial charge < -0.3 is 14.8 Å². The Bertz CT molecular complexity index is 787. The van der Waals surface area contributed by atoms with Crippen molar-refractivity contribution >= 4 is 5.91 Å². The lowest BCUT2D eigenvalue weighted by Gasteiger charge is -2.43. The first-order valence-electron chi connectivity index (χ1n) is 8.78. The third-order valence-electron chi connectivity index (χ3n) is 5.71. The average molecular weight is 337 g/mol. The Morgan fingerprint density at radius 2 is 1.76 bits per heavy atom. The summed E-state index contributed by atoms with van der Waals surface area (Å²) in [6.07, 6.45) is 1.45. The lowest BCUT2D eigenvalue weighted by molar-refractivity contribution is -0.124. The topological polar surface area (TPSA) is 47.6 Å². The predicted octanol–water partition coefficient (Wildman–Crippen LogP) is 3.26. The molecule has 0 saturated carbocycles. The molecule has 3 atom stereocenters. The van der Waals surface area contributed by atoms with Crippen molar-refractivity contribution in [1.82, 2.24) is 5.32 Å². The minimum atomic E-state index is 0.158. The van der Waals surface area contributed by atoms with Gasteiger partial charge in [-0.1, -0.05) is 36.4 Å². The van der Waals surface area contributed by atoms with Crippen LogP contribution in [0.25, 0.3) is 0 Å². The van der Waals surface area contributed by atoms with E-state index in [2.05, 4.69) is 35.6 Å². The molecule has 2 aromatic rings. The number of nitrogens with one attached hydrogen (secondary N) is 1. The first-order chi connectivity index (χ1) is 12.2. The van der Waals surface area contributed by atoms with E-state index in [4.69, 9.17) is 9.47 Å². The van der Waals surface area contributed by atoms with E-state index < -0.39 is 0 Å². The second-order valence-corrected chi connectivity index (χ2v) is 6.87. The molecular formula is C21H23NO3. The molecule has 1 N–H and O–H groups in total. The van der Waals surface area contributed by atoms with Gasteiger partial charge in [0.25, 0.3) is 0 Å². The van der Waals surface area contributed by atoms with Crippen molar-refractivity contribution in [3.63, 3.8) is 0 Å². The zero-order valence-electron chi connectivity index (χ0n) is 14.6. The highest BCUT2D eigenvalue weighted by Gasteiger charge is 2.42. The summed E-state index contributed by atoms with van der Waals surface area (Å²) in [5.74, 6) is 2.70. The van der Waals surface area contributed by atoms with Crippen molar-refractivity contribution in [3.05, 3.63) is 59.2 Å². The van der Waals surface area contributed by atoms with Gasteiger partial charge in [-0.25, -0.2) is 0 Å². The van der Waals surface area contributed by atoms with Crippen LogP contribution < -0.4 is 14.8 Å². The van der Waals surface area contributed by atoms with Crippen LogP contribution in [0.4, 0.5) is 0 Å². The summed E-state index contributed by atoms with van der Waals surface area (Å²) in [6, 6.07) is 14.7. The van der Waals surface area contributed by atoms with Gasteiger partial charge in [-0.2, -0.15) is 0 Å². The standard InChI is InChI=1S/C21H23NO3/c1-24-19-9-8-14-17(21(19)25-2)10-15(13-6-4-3-5-7-13)16-11-20(23)22-12-18(14)16/h3-9,15-16,18H,10-12H2,1-2H3,(H,22,23). The summed E-state index contributed by atoms with van der Waals surface area (Å²) in [5.41, 5.74) is 3.80. The summed E-state index contributed by atoms with van der Waals surface area (Å²) in [4.78, 5) is 12.1. The number of ether oxygens (including phenoxy) is 2. The van der Waals surface area contributed by atoms with E-state index in [0.717, 1.165) is 17.9 Å². The van der Waals surface area contributed by atoms with Gasteiger partial charge in [-0.3, -0.25) is 4.79 Å². The van der Waals surface area contributed by atoms with Gasteiger partial charge in [0, 0.05) is 24.4 Å². The number of rotatable bonds is 3. The van der Waals surface area contributed by atoms with Crippen molar-refractivity contribution in [1.29, 1.82) is 0 Å². The molecule has 0 spiro atoms. The Hall–Kier alpha value is -2.49. The SMILES string of the molecule is COc1ccc2c(c1OC)CC(c1ccccc1)C1CC(=O)NCC21. The number of methoxy groups -OCH3 is 2. The highest BCUT2D eigenvalue weighted by Crippen LogP contribution is 2.51. The van der Waals surface area contributed by atoms with Gasteiger partial charge in [-0.15, -0.1) is 0 Å². The van der Waals surface area contributed by atoms with E-state index in [1.807, 2.05) is 12.1 Å². The molecule has 1 heterocycles. The Balaban J connectivity index is 1.85. The first-order valence-corrected chi connectivity index (χ1v) is 8.78. The van der Waals surface area contributed by atoms with Gasteiger partial charge >= 0.3 is 0 Å². The normalized spacial score (nSPS) is 24.7. The maximum atomic E-state index is 12.1. The van der Waals surface area contributed by atoms with Crippen LogP contribution >= 0.6 is 0 Å². The maximum Gasteiger partial charge on any atom is 0.220 e.